The third-order valence-electron chi connectivity index (χ3n) is 3.44. The molecule has 1 atom stereocenters. The van der Waals surface area contributed by atoms with Crippen LogP contribution < -0.4 is 10.2 Å². The van der Waals surface area contributed by atoms with Crippen molar-refractivity contribution in [3.63, 3.8) is 0 Å². The number of aromatic amines is 1. The molecule has 6 nitrogen and oxygen atoms in total. The van der Waals surface area contributed by atoms with Gasteiger partial charge in [0.15, 0.2) is 0 Å². The summed E-state index contributed by atoms with van der Waals surface area (Å²) in [6, 6.07) is 1.00. The van der Waals surface area contributed by atoms with E-state index in [1.54, 1.807) is 0 Å². The summed E-state index contributed by atoms with van der Waals surface area (Å²) in [5.41, 5.74) is -0.503. The second-order valence-electron chi connectivity index (χ2n) is 5.06. The highest BCUT2D eigenvalue weighted by atomic mass is 32.2. The smallest absolute Gasteiger partial charge is 0.246 e. The van der Waals surface area contributed by atoms with Gasteiger partial charge >= 0.3 is 0 Å². The van der Waals surface area contributed by atoms with E-state index < -0.39 is 15.5 Å². The van der Waals surface area contributed by atoms with Crippen LogP contribution in [0.15, 0.2) is 28.2 Å². The number of hydrogen-bond acceptors (Lipinski definition) is 4. The fourth-order valence-corrected chi connectivity index (χ4v) is 3.49. The third kappa shape index (κ3) is 5.61. The lowest BCUT2D eigenvalue weighted by atomic mass is 10.2. The molecule has 0 radical (unpaired) electrons. The van der Waals surface area contributed by atoms with Crippen LogP contribution in [0.4, 0.5) is 0 Å². The lowest BCUT2D eigenvalue weighted by Crippen LogP contribution is -2.35. The zero-order valence-corrected chi connectivity index (χ0v) is 13.7. The Morgan fingerprint density at radius 3 is 2.57 bits per heavy atom. The second-order valence-corrected chi connectivity index (χ2v) is 6.75. The summed E-state index contributed by atoms with van der Waals surface area (Å²) in [5.74, 6) is 0. The van der Waals surface area contributed by atoms with Crippen LogP contribution in [0.3, 0.4) is 0 Å². The molecular formula is C14H25N3O3S. The molecule has 2 N–H and O–H groups in total. The predicted molar refractivity (Wildman–Crippen MR) is 83.9 cm³/mol. The molecule has 0 saturated carbocycles. The van der Waals surface area contributed by atoms with Gasteiger partial charge in [-0.2, -0.15) is 0 Å². The van der Waals surface area contributed by atoms with E-state index in [4.69, 9.17) is 0 Å². The number of nitrogens with one attached hydrogen (secondary N) is 2. The summed E-state index contributed by atoms with van der Waals surface area (Å²) in [7, 11) is -3.76. The lowest BCUT2D eigenvalue weighted by Gasteiger charge is -2.19. The quantitative estimate of drug-likeness (QED) is 0.716. The second kappa shape index (κ2) is 8.31. The molecule has 1 aromatic heterocycles. The Labute approximate surface area is 126 Å². The molecule has 0 amide bonds. The van der Waals surface area contributed by atoms with Gasteiger partial charge in [0.25, 0.3) is 0 Å². The van der Waals surface area contributed by atoms with Crippen molar-refractivity contribution in [3.05, 3.63) is 28.7 Å². The molecule has 0 aliphatic carbocycles. The van der Waals surface area contributed by atoms with Gasteiger partial charge in [0, 0.05) is 24.5 Å². The normalized spacial score (nSPS) is 13.5. The van der Waals surface area contributed by atoms with Crippen LogP contribution >= 0.6 is 0 Å². The first-order valence-electron chi connectivity index (χ1n) is 7.32. The lowest BCUT2D eigenvalue weighted by molar-refractivity contribution is 0.293. The van der Waals surface area contributed by atoms with Crippen LogP contribution in [0.25, 0.3) is 0 Å². The van der Waals surface area contributed by atoms with Gasteiger partial charge in [0.05, 0.1) is 0 Å². The van der Waals surface area contributed by atoms with Crippen LogP contribution in [0.5, 0.6) is 0 Å². The van der Waals surface area contributed by atoms with E-state index in [0.29, 0.717) is 0 Å². The van der Waals surface area contributed by atoms with Crippen LogP contribution in [-0.4, -0.2) is 44.0 Å². The maximum absolute atomic E-state index is 12.1. The first kappa shape index (κ1) is 17.9. The van der Waals surface area contributed by atoms with E-state index in [1.807, 2.05) is 6.92 Å². The summed E-state index contributed by atoms with van der Waals surface area (Å²) in [6.45, 7) is 8.97. The Bertz CT molecular complexity index is 579. The summed E-state index contributed by atoms with van der Waals surface area (Å²) in [5, 5.41) is 0. The van der Waals surface area contributed by atoms with Crippen molar-refractivity contribution in [2.75, 3.05) is 19.6 Å². The number of H-pyrrole nitrogens is 1. The van der Waals surface area contributed by atoms with Gasteiger partial charge in [-0.1, -0.05) is 13.8 Å². The van der Waals surface area contributed by atoms with Crippen molar-refractivity contribution in [2.45, 2.75) is 44.6 Å². The average molecular weight is 315 g/mol. The standard InChI is InChI=1S/C14H25N3O3S/c1-4-17(5-2)10-6-7-12(3)16-21(19,20)14-11-15-9-8-13(14)18/h8-9,11-12,16H,4-7,10H2,1-3H3,(H,15,18). The fraction of sp³-hybridized carbons (Fsp3) is 0.643. The summed E-state index contributed by atoms with van der Waals surface area (Å²) in [4.78, 5) is 16.3. The van der Waals surface area contributed by atoms with Crippen molar-refractivity contribution >= 4 is 10.0 Å². The monoisotopic (exact) mass is 315 g/mol. The highest BCUT2D eigenvalue weighted by Gasteiger charge is 2.20. The highest BCUT2D eigenvalue weighted by molar-refractivity contribution is 7.89. The van der Waals surface area contributed by atoms with Crippen molar-refractivity contribution in [3.8, 4) is 0 Å². The maximum atomic E-state index is 12.1. The Hall–Kier alpha value is -1.18. The van der Waals surface area contributed by atoms with Gasteiger partial charge in [0.2, 0.25) is 15.5 Å². The summed E-state index contributed by atoms with van der Waals surface area (Å²) >= 11 is 0. The Kier molecular flexibility index (Phi) is 7.07. The Morgan fingerprint density at radius 2 is 2.00 bits per heavy atom. The average Bonchev–Trinajstić information content (AvgIpc) is 2.43. The molecule has 0 aromatic carbocycles. The van der Waals surface area contributed by atoms with Gasteiger partial charge in [-0.25, -0.2) is 13.1 Å². The van der Waals surface area contributed by atoms with Gasteiger partial charge in [-0.15, -0.1) is 0 Å². The van der Waals surface area contributed by atoms with Crippen LogP contribution in [0.1, 0.15) is 33.6 Å². The van der Waals surface area contributed by atoms with E-state index in [2.05, 4.69) is 28.5 Å². The first-order valence-corrected chi connectivity index (χ1v) is 8.80. The number of sulfonamides is 1. The number of nitrogens with zero attached hydrogens (tertiary/aromatic N) is 1. The van der Waals surface area contributed by atoms with E-state index >= 15 is 0 Å². The summed E-state index contributed by atoms with van der Waals surface area (Å²) in [6.07, 6.45) is 4.28. The molecule has 0 aliphatic rings. The van der Waals surface area contributed by atoms with E-state index in [1.165, 1.54) is 18.5 Å². The third-order valence-corrected chi connectivity index (χ3v) is 5.05. The van der Waals surface area contributed by atoms with Gasteiger partial charge in [0.1, 0.15) is 4.90 Å². The Morgan fingerprint density at radius 1 is 1.33 bits per heavy atom. The van der Waals surface area contributed by atoms with Gasteiger partial charge < -0.3 is 9.88 Å². The number of rotatable bonds is 9. The molecule has 0 spiro atoms. The molecule has 120 valence electrons. The molecule has 1 aromatic rings. The van der Waals surface area contributed by atoms with Crippen LogP contribution in [0.2, 0.25) is 0 Å². The minimum absolute atomic E-state index is 0.204. The van der Waals surface area contributed by atoms with Crippen LogP contribution in [0, 0.1) is 0 Å². The molecule has 1 heterocycles. The topological polar surface area (TPSA) is 82.3 Å². The van der Waals surface area contributed by atoms with Crippen molar-refractivity contribution < 1.29 is 8.42 Å². The summed E-state index contributed by atoms with van der Waals surface area (Å²) < 4.78 is 26.8. The molecular weight excluding hydrogens is 290 g/mol. The van der Waals surface area contributed by atoms with Crippen LogP contribution in [-0.2, 0) is 10.0 Å². The van der Waals surface area contributed by atoms with Crippen molar-refractivity contribution in [1.82, 2.24) is 14.6 Å². The minimum Gasteiger partial charge on any atom is -0.366 e. The first-order chi connectivity index (χ1) is 9.90. The largest absolute Gasteiger partial charge is 0.366 e. The Balaban J connectivity index is 2.56. The molecule has 7 heteroatoms. The van der Waals surface area contributed by atoms with Gasteiger partial charge in [-0.05, 0) is 39.4 Å². The SMILES string of the molecule is CCN(CC)CCCC(C)NS(=O)(=O)c1c[nH]ccc1=O. The minimum atomic E-state index is -3.76. The van der Waals surface area contributed by atoms with E-state index in [9.17, 15) is 13.2 Å². The molecule has 21 heavy (non-hydrogen) atoms. The maximum Gasteiger partial charge on any atom is 0.246 e. The zero-order valence-electron chi connectivity index (χ0n) is 12.9. The number of aromatic nitrogens is 1. The highest BCUT2D eigenvalue weighted by Crippen LogP contribution is 2.05. The van der Waals surface area contributed by atoms with Crippen molar-refractivity contribution in [1.29, 1.82) is 0 Å². The van der Waals surface area contributed by atoms with E-state index in [-0.39, 0.29) is 10.9 Å². The molecule has 1 rings (SSSR count). The molecule has 1 unspecified atom stereocenters. The molecule has 0 bridgehead atoms. The zero-order chi connectivity index (χ0) is 15.9. The molecule has 0 aliphatic heterocycles. The van der Waals surface area contributed by atoms with E-state index in [0.717, 1.165) is 32.5 Å². The van der Waals surface area contributed by atoms with Gasteiger partial charge in [-0.3, -0.25) is 4.79 Å². The fourth-order valence-electron chi connectivity index (χ4n) is 2.16. The molecule has 0 saturated heterocycles. The van der Waals surface area contributed by atoms with Crippen molar-refractivity contribution in [2.24, 2.45) is 0 Å². The number of hydrogen-bond donors (Lipinski definition) is 2. The molecule has 0 fully saturated rings. The number of pyridine rings is 1. The predicted octanol–water partition coefficient (Wildman–Crippen LogP) is 1.16.